The van der Waals surface area contributed by atoms with Crippen molar-refractivity contribution in [2.75, 3.05) is 0 Å². The summed E-state index contributed by atoms with van der Waals surface area (Å²) in [5.74, 6) is 1.25. The minimum absolute atomic E-state index is 0.136. The molecule has 0 atom stereocenters. The molecule has 5 nitrogen and oxygen atoms in total. The van der Waals surface area contributed by atoms with Crippen LogP contribution in [0.3, 0.4) is 0 Å². The van der Waals surface area contributed by atoms with Crippen LogP contribution in [-0.2, 0) is 5.41 Å². The second kappa shape index (κ2) is 4.47. The first-order valence-electron chi connectivity index (χ1n) is 7.68. The highest BCUT2D eigenvalue weighted by Crippen LogP contribution is 2.44. The number of furan rings is 1. The Balaban J connectivity index is 1.95. The molecule has 0 aliphatic carbocycles. The van der Waals surface area contributed by atoms with Crippen molar-refractivity contribution in [3.05, 3.63) is 53.7 Å². The third-order valence-electron chi connectivity index (χ3n) is 5.05. The van der Waals surface area contributed by atoms with Gasteiger partial charge in [0.2, 0.25) is 5.82 Å². The number of aliphatic imine (C=N–C) groups is 1. The van der Waals surface area contributed by atoms with E-state index in [-0.39, 0.29) is 11.0 Å². The van der Waals surface area contributed by atoms with Gasteiger partial charge in [0.25, 0.3) is 0 Å². The fourth-order valence-electron chi connectivity index (χ4n) is 2.92. The van der Waals surface area contributed by atoms with Crippen LogP contribution in [0, 0.1) is 0 Å². The molecule has 0 bridgehead atoms. The maximum Gasteiger partial charge on any atom is 0.204 e. The van der Waals surface area contributed by atoms with E-state index < -0.39 is 0 Å². The lowest BCUT2D eigenvalue weighted by Crippen LogP contribution is -2.45. The van der Waals surface area contributed by atoms with Crippen LogP contribution in [-0.4, -0.2) is 26.4 Å². The zero-order valence-corrected chi connectivity index (χ0v) is 13.7. The van der Waals surface area contributed by atoms with Gasteiger partial charge in [-0.05, 0) is 32.0 Å². The number of fused-ring (bicyclic) bond motifs is 2. The van der Waals surface area contributed by atoms with Crippen molar-refractivity contribution in [3.63, 3.8) is 0 Å². The van der Waals surface area contributed by atoms with E-state index in [0.717, 1.165) is 22.4 Å². The third-order valence-corrected chi connectivity index (χ3v) is 5.05. The molecule has 1 aromatic carbocycles. The summed E-state index contributed by atoms with van der Waals surface area (Å²) >= 11 is 0. The number of hydrogen-bond donors (Lipinski definition) is 0. The summed E-state index contributed by atoms with van der Waals surface area (Å²) < 4.78 is 5.73. The summed E-state index contributed by atoms with van der Waals surface area (Å²) in [6.07, 6.45) is 1.71. The van der Waals surface area contributed by atoms with Gasteiger partial charge in [0.1, 0.15) is 11.2 Å². The first-order valence-corrected chi connectivity index (χ1v) is 7.68. The fraction of sp³-hybridized carbons (Fsp3) is 0.333. The van der Waals surface area contributed by atoms with E-state index in [1.54, 1.807) is 6.26 Å². The third kappa shape index (κ3) is 1.92. The van der Waals surface area contributed by atoms with Gasteiger partial charge in [-0.15, -0.1) is 10.2 Å². The number of rotatable bonds is 1. The molecule has 3 aromatic rings. The lowest BCUT2D eigenvalue weighted by atomic mass is 9.68. The van der Waals surface area contributed by atoms with E-state index in [4.69, 9.17) is 9.41 Å². The van der Waals surface area contributed by atoms with Gasteiger partial charge in [-0.25, -0.2) is 4.98 Å². The molecular weight excluding hydrogens is 288 g/mol. The highest BCUT2D eigenvalue weighted by Gasteiger charge is 2.46. The smallest absolute Gasteiger partial charge is 0.204 e. The summed E-state index contributed by atoms with van der Waals surface area (Å²) in [4.78, 5) is 9.54. The van der Waals surface area contributed by atoms with Crippen molar-refractivity contribution < 1.29 is 4.42 Å². The Morgan fingerprint density at radius 1 is 0.913 bits per heavy atom. The van der Waals surface area contributed by atoms with Crippen LogP contribution in [0.1, 0.15) is 44.8 Å². The van der Waals surface area contributed by atoms with Crippen LogP contribution < -0.4 is 0 Å². The van der Waals surface area contributed by atoms with Crippen LogP contribution in [0.25, 0.3) is 11.0 Å². The summed E-state index contributed by atoms with van der Waals surface area (Å²) in [5, 5.41) is 8.53. The molecule has 3 heterocycles. The van der Waals surface area contributed by atoms with E-state index >= 15 is 0 Å². The Hall–Kier alpha value is -2.56. The Bertz CT molecular complexity index is 937. The molecular formula is C18H18N4O. The van der Waals surface area contributed by atoms with Crippen molar-refractivity contribution in [1.82, 2.24) is 15.2 Å². The monoisotopic (exact) mass is 306 g/mol. The van der Waals surface area contributed by atoms with Gasteiger partial charge < -0.3 is 4.42 Å². The number of aromatic nitrogens is 3. The predicted octanol–water partition coefficient (Wildman–Crippen LogP) is 3.53. The van der Waals surface area contributed by atoms with Crippen molar-refractivity contribution in [2.24, 2.45) is 4.99 Å². The molecule has 0 N–H and O–H groups in total. The molecule has 0 unspecified atom stereocenters. The lowest BCUT2D eigenvalue weighted by molar-refractivity contribution is 0.298. The summed E-state index contributed by atoms with van der Waals surface area (Å²) in [6.45, 7) is 8.61. The first-order chi connectivity index (χ1) is 10.9. The normalized spacial score (nSPS) is 18.5. The molecule has 0 radical (unpaired) electrons. The van der Waals surface area contributed by atoms with Gasteiger partial charge in [0.15, 0.2) is 5.76 Å². The average Bonchev–Trinajstić information content (AvgIpc) is 3.01. The Morgan fingerprint density at radius 2 is 1.65 bits per heavy atom. The number of nitrogens with zero attached hydrogens (tertiary/aromatic N) is 4. The largest absolute Gasteiger partial charge is 0.462 e. The molecule has 23 heavy (non-hydrogen) atoms. The topological polar surface area (TPSA) is 64.2 Å². The lowest BCUT2D eigenvalue weighted by Gasteiger charge is -2.41. The van der Waals surface area contributed by atoms with Crippen molar-refractivity contribution in [1.29, 1.82) is 0 Å². The van der Waals surface area contributed by atoms with Gasteiger partial charge in [0, 0.05) is 11.0 Å². The van der Waals surface area contributed by atoms with Gasteiger partial charge in [-0.2, -0.15) is 0 Å². The molecule has 4 rings (SSSR count). The minimum atomic E-state index is -0.297. The van der Waals surface area contributed by atoms with Crippen LogP contribution in [0.15, 0.2) is 46.0 Å². The Labute approximate surface area is 134 Å². The zero-order valence-electron chi connectivity index (χ0n) is 13.7. The molecule has 0 spiro atoms. The summed E-state index contributed by atoms with van der Waals surface area (Å²) in [6, 6.07) is 9.70. The van der Waals surface area contributed by atoms with Crippen LogP contribution in [0.5, 0.6) is 0 Å². The maximum absolute atomic E-state index is 5.73. The van der Waals surface area contributed by atoms with Gasteiger partial charge in [-0.1, -0.05) is 26.0 Å². The van der Waals surface area contributed by atoms with E-state index in [1.807, 2.05) is 30.3 Å². The molecule has 5 heteroatoms. The van der Waals surface area contributed by atoms with Crippen LogP contribution >= 0.6 is 0 Å². The second-order valence-corrected chi connectivity index (χ2v) is 6.93. The van der Waals surface area contributed by atoms with Gasteiger partial charge in [-0.3, -0.25) is 4.99 Å². The molecule has 0 saturated carbocycles. The standard InChI is InChI=1S/C18H18N4O/c1-17(2)11-9-10-23-15(11)14(20-18(17,3)4)16-19-12-7-5-6-8-13(12)21-22-16/h5-10H,1-4H3. The zero-order chi connectivity index (χ0) is 16.2. The van der Waals surface area contributed by atoms with Crippen LogP contribution in [0.2, 0.25) is 0 Å². The second-order valence-electron chi connectivity index (χ2n) is 6.93. The quantitative estimate of drug-likeness (QED) is 0.690. The highest BCUT2D eigenvalue weighted by molar-refractivity contribution is 6.11. The van der Waals surface area contributed by atoms with E-state index in [0.29, 0.717) is 11.5 Å². The molecule has 0 saturated heterocycles. The molecule has 1 aliphatic heterocycles. The highest BCUT2D eigenvalue weighted by atomic mass is 16.3. The fourth-order valence-corrected chi connectivity index (χ4v) is 2.92. The number of hydrogen-bond acceptors (Lipinski definition) is 5. The van der Waals surface area contributed by atoms with Gasteiger partial charge in [0.05, 0.1) is 17.3 Å². The van der Waals surface area contributed by atoms with E-state index in [2.05, 4.69) is 42.9 Å². The Kier molecular flexibility index (Phi) is 2.73. The average molecular weight is 306 g/mol. The number of benzene rings is 1. The van der Waals surface area contributed by atoms with E-state index in [9.17, 15) is 0 Å². The minimum Gasteiger partial charge on any atom is -0.462 e. The molecule has 116 valence electrons. The predicted molar refractivity (Wildman–Crippen MR) is 88.8 cm³/mol. The first kappa shape index (κ1) is 14.1. The number of para-hydroxylation sites is 1. The molecule has 0 fully saturated rings. The maximum atomic E-state index is 5.73. The molecule has 0 amide bonds. The van der Waals surface area contributed by atoms with E-state index in [1.165, 1.54) is 0 Å². The molecule has 1 aliphatic rings. The van der Waals surface area contributed by atoms with Crippen molar-refractivity contribution in [2.45, 2.75) is 38.6 Å². The van der Waals surface area contributed by atoms with Crippen molar-refractivity contribution >= 4 is 16.7 Å². The summed E-state index contributed by atoms with van der Waals surface area (Å²) in [5.41, 5.74) is 2.94. The summed E-state index contributed by atoms with van der Waals surface area (Å²) in [7, 11) is 0. The van der Waals surface area contributed by atoms with Crippen molar-refractivity contribution in [3.8, 4) is 0 Å². The van der Waals surface area contributed by atoms with Gasteiger partial charge >= 0.3 is 0 Å². The molecule has 2 aromatic heterocycles. The SMILES string of the molecule is CC1(C)N=C(c2nnc3ccccc3n2)c2occc2C1(C)C. The van der Waals surface area contributed by atoms with Crippen LogP contribution in [0.4, 0.5) is 0 Å². The Morgan fingerprint density at radius 3 is 2.43 bits per heavy atom.